The van der Waals surface area contributed by atoms with E-state index in [-0.39, 0.29) is 32.9 Å². The Kier molecular flexibility index (Phi) is 6.32. The van der Waals surface area contributed by atoms with Crippen LogP contribution in [0.4, 0.5) is 5.69 Å². The summed E-state index contributed by atoms with van der Waals surface area (Å²) in [6.45, 7) is 1.82. The highest BCUT2D eigenvalue weighted by molar-refractivity contribution is 7.93. The number of methoxy groups -OCH3 is 2. The number of halogens is 3. The van der Waals surface area contributed by atoms with Crippen molar-refractivity contribution in [1.29, 1.82) is 0 Å². The molecule has 0 saturated heterocycles. The van der Waals surface area contributed by atoms with Gasteiger partial charge in [0.15, 0.2) is 0 Å². The Morgan fingerprint density at radius 1 is 0.960 bits per heavy atom. The van der Waals surface area contributed by atoms with E-state index in [1.165, 1.54) is 44.6 Å². The molecule has 5 nitrogen and oxygen atoms in total. The Balaban J connectivity index is 2.69. The summed E-state index contributed by atoms with van der Waals surface area (Å²) in [6, 6.07) is 7.26. The van der Waals surface area contributed by atoms with Crippen LogP contribution in [0, 0.1) is 0 Å². The molecule has 0 saturated carbocycles. The van der Waals surface area contributed by atoms with Crippen molar-refractivity contribution in [2.45, 2.75) is 11.8 Å². The van der Waals surface area contributed by atoms with Crippen LogP contribution in [0.2, 0.25) is 15.1 Å². The number of nitrogens with zero attached hydrogens (tertiary/aromatic N) is 1. The molecule has 2 rings (SSSR count). The van der Waals surface area contributed by atoms with Gasteiger partial charge < -0.3 is 9.47 Å². The highest BCUT2D eigenvalue weighted by Crippen LogP contribution is 2.40. The zero-order valence-corrected chi connectivity index (χ0v) is 16.8. The standard InChI is InChI=1S/C16H16Cl3NO4S/c1-4-20(13-9-14(23-2)12(19)8-15(13)24-3)25(21,22)16-7-10(17)5-6-11(16)18/h5-9H,4H2,1-3H3. The highest BCUT2D eigenvalue weighted by atomic mass is 35.5. The van der Waals surface area contributed by atoms with Gasteiger partial charge in [-0.1, -0.05) is 34.8 Å². The molecule has 0 radical (unpaired) electrons. The van der Waals surface area contributed by atoms with Gasteiger partial charge in [0.1, 0.15) is 16.4 Å². The molecular formula is C16H16Cl3NO4S. The lowest BCUT2D eigenvalue weighted by Crippen LogP contribution is -2.31. The minimum Gasteiger partial charge on any atom is -0.495 e. The summed E-state index contributed by atoms with van der Waals surface area (Å²) < 4.78 is 37.9. The molecule has 9 heteroatoms. The fraction of sp³-hybridized carbons (Fsp3) is 0.250. The fourth-order valence-electron chi connectivity index (χ4n) is 2.30. The van der Waals surface area contributed by atoms with Crippen LogP contribution in [0.1, 0.15) is 6.92 Å². The minimum atomic E-state index is -3.99. The van der Waals surface area contributed by atoms with Crippen LogP contribution in [-0.4, -0.2) is 29.2 Å². The quantitative estimate of drug-likeness (QED) is 0.663. The van der Waals surface area contributed by atoms with Crippen LogP contribution in [0.15, 0.2) is 35.2 Å². The van der Waals surface area contributed by atoms with E-state index in [4.69, 9.17) is 44.3 Å². The Bertz CT molecular complexity index is 887. The molecule has 0 amide bonds. The zero-order chi connectivity index (χ0) is 18.8. The molecule has 0 aliphatic rings. The van der Waals surface area contributed by atoms with E-state index in [0.29, 0.717) is 10.8 Å². The van der Waals surface area contributed by atoms with Crippen molar-refractivity contribution in [3.63, 3.8) is 0 Å². The Labute approximate surface area is 162 Å². The third kappa shape index (κ3) is 3.92. The van der Waals surface area contributed by atoms with E-state index in [2.05, 4.69) is 0 Å². The van der Waals surface area contributed by atoms with Gasteiger partial charge in [0.05, 0.1) is 30.0 Å². The van der Waals surface area contributed by atoms with Crippen molar-refractivity contribution >= 4 is 50.5 Å². The molecule has 0 aliphatic heterocycles. The molecule has 2 aromatic carbocycles. The predicted octanol–water partition coefficient (Wildman–Crippen LogP) is 4.88. The van der Waals surface area contributed by atoms with Gasteiger partial charge in [-0.2, -0.15) is 0 Å². The van der Waals surface area contributed by atoms with E-state index in [9.17, 15) is 8.42 Å². The summed E-state index contributed by atoms with van der Waals surface area (Å²) in [5, 5.41) is 0.639. The summed E-state index contributed by atoms with van der Waals surface area (Å²) in [5.41, 5.74) is 0.280. The Hall–Kier alpha value is -1.34. The van der Waals surface area contributed by atoms with Gasteiger partial charge in [-0.15, -0.1) is 0 Å². The van der Waals surface area contributed by atoms with Gasteiger partial charge in [0.25, 0.3) is 10.0 Å². The molecule has 0 bridgehead atoms. The molecule has 136 valence electrons. The minimum absolute atomic E-state index is 0.0720. The van der Waals surface area contributed by atoms with Crippen LogP contribution in [0.25, 0.3) is 0 Å². The van der Waals surface area contributed by atoms with E-state index < -0.39 is 10.0 Å². The number of rotatable bonds is 6. The van der Waals surface area contributed by atoms with Crippen LogP contribution >= 0.6 is 34.8 Å². The van der Waals surface area contributed by atoms with Gasteiger partial charge >= 0.3 is 0 Å². The molecule has 0 aliphatic carbocycles. The largest absolute Gasteiger partial charge is 0.495 e. The summed E-state index contributed by atoms with van der Waals surface area (Å²) in [4.78, 5) is -0.0977. The van der Waals surface area contributed by atoms with E-state index in [1.54, 1.807) is 6.92 Å². The first-order chi connectivity index (χ1) is 11.8. The topological polar surface area (TPSA) is 55.8 Å². The summed E-state index contributed by atoms with van der Waals surface area (Å²) >= 11 is 18.1. The molecule has 0 fully saturated rings. The first-order valence-corrected chi connectivity index (χ1v) is 9.73. The molecule has 0 spiro atoms. The third-order valence-electron chi connectivity index (χ3n) is 3.47. The molecule has 0 heterocycles. The first kappa shape index (κ1) is 20.0. The van der Waals surface area contributed by atoms with Gasteiger partial charge in [0.2, 0.25) is 0 Å². The third-order valence-corrected chi connectivity index (χ3v) is 6.37. The molecular weight excluding hydrogens is 409 g/mol. The maximum Gasteiger partial charge on any atom is 0.265 e. The average Bonchev–Trinajstić information content (AvgIpc) is 2.58. The van der Waals surface area contributed by atoms with Crippen LogP contribution in [0.5, 0.6) is 11.5 Å². The van der Waals surface area contributed by atoms with Crippen molar-refractivity contribution in [3.8, 4) is 11.5 Å². The number of benzene rings is 2. The lowest BCUT2D eigenvalue weighted by molar-refractivity contribution is 0.404. The summed E-state index contributed by atoms with van der Waals surface area (Å²) in [5.74, 6) is 0.609. The molecule has 2 aromatic rings. The Morgan fingerprint density at radius 3 is 2.16 bits per heavy atom. The summed E-state index contributed by atoms with van der Waals surface area (Å²) in [6.07, 6.45) is 0. The molecule has 0 unspecified atom stereocenters. The smallest absolute Gasteiger partial charge is 0.265 e. The second-order valence-electron chi connectivity index (χ2n) is 4.90. The highest BCUT2D eigenvalue weighted by Gasteiger charge is 2.29. The molecule has 0 atom stereocenters. The van der Waals surface area contributed by atoms with Crippen molar-refractivity contribution in [2.75, 3.05) is 25.1 Å². The lowest BCUT2D eigenvalue weighted by atomic mass is 10.2. The normalized spacial score (nSPS) is 11.3. The summed E-state index contributed by atoms with van der Waals surface area (Å²) in [7, 11) is -1.12. The maximum absolute atomic E-state index is 13.1. The number of ether oxygens (including phenoxy) is 2. The van der Waals surface area contributed by atoms with Gasteiger partial charge in [-0.05, 0) is 25.1 Å². The maximum atomic E-state index is 13.1. The number of hydrogen-bond acceptors (Lipinski definition) is 4. The fourth-order valence-corrected chi connectivity index (χ4v) is 4.75. The molecule has 0 aromatic heterocycles. The Morgan fingerprint density at radius 2 is 1.60 bits per heavy atom. The van der Waals surface area contributed by atoms with Crippen molar-refractivity contribution in [1.82, 2.24) is 0 Å². The number of anilines is 1. The number of hydrogen-bond donors (Lipinski definition) is 0. The van der Waals surface area contributed by atoms with E-state index in [0.717, 1.165) is 4.31 Å². The number of sulfonamides is 1. The van der Waals surface area contributed by atoms with Crippen LogP contribution < -0.4 is 13.8 Å². The average molecular weight is 425 g/mol. The molecule has 25 heavy (non-hydrogen) atoms. The SMILES string of the molecule is CCN(c1cc(OC)c(Cl)cc1OC)S(=O)(=O)c1cc(Cl)ccc1Cl. The van der Waals surface area contributed by atoms with Gasteiger partial charge in [-0.25, -0.2) is 8.42 Å². The second-order valence-corrected chi connectivity index (χ2v) is 7.98. The first-order valence-electron chi connectivity index (χ1n) is 7.15. The van der Waals surface area contributed by atoms with Crippen molar-refractivity contribution in [3.05, 3.63) is 45.4 Å². The van der Waals surface area contributed by atoms with Crippen LogP contribution in [-0.2, 0) is 10.0 Å². The predicted molar refractivity (Wildman–Crippen MR) is 101 cm³/mol. The second kappa shape index (κ2) is 7.91. The van der Waals surface area contributed by atoms with Gasteiger partial charge in [-0.3, -0.25) is 4.31 Å². The van der Waals surface area contributed by atoms with Gasteiger partial charge in [0, 0.05) is 23.7 Å². The monoisotopic (exact) mass is 423 g/mol. The zero-order valence-electron chi connectivity index (χ0n) is 13.7. The molecule has 0 N–H and O–H groups in total. The van der Waals surface area contributed by atoms with Crippen LogP contribution in [0.3, 0.4) is 0 Å². The van der Waals surface area contributed by atoms with Crippen molar-refractivity contribution < 1.29 is 17.9 Å². The van der Waals surface area contributed by atoms with E-state index in [1.807, 2.05) is 0 Å². The van der Waals surface area contributed by atoms with E-state index >= 15 is 0 Å². The van der Waals surface area contributed by atoms with Crippen molar-refractivity contribution in [2.24, 2.45) is 0 Å². The lowest BCUT2D eigenvalue weighted by Gasteiger charge is -2.26.